The number of piperidine rings is 1. The second-order valence-electron chi connectivity index (χ2n) is 6.36. The molecule has 2 heterocycles. The molecular formula is C17H25N3O2. The number of amides is 1. The molecule has 0 spiro atoms. The van der Waals surface area contributed by atoms with E-state index in [1.54, 1.807) is 24.3 Å². The number of rotatable bonds is 3. The Hall–Kier alpha value is -1.59. The Morgan fingerprint density at radius 3 is 2.77 bits per heavy atom. The van der Waals surface area contributed by atoms with Crippen molar-refractivity contribution in [2.75, 3.05) is 45.8 Å². The van der Waals surface area contributed by atoms with Crippen LogP contribution in [0.3, 0.4) is 0 Å². The number of aromatic hydroxyl groups is 1. The highest BCUT2D eigenvalue weighted by atomic mass is 16.3. The van der Waals surface area contributed by atoms with Crippen molar-refractivity contribution < 1.29 is 9.90 Å². The first kappa shape index (κ1) is 15.3. The van der Waals surface area contributed by atoms with Gasteiger partial charge in [0.15, 0.2) is 0 Å². The number of phenolic OH excluding ortho intramolecular Hbond substituents is 1. The van der Waals surface area contributed by atoms with Gasteiger partial charge in [0.25, 0.3) is 5.91 Å². The van der Waals surface area contributed by atoms with Gasteiger partial charge in [-0.1, -0.05) is 6.07 Å². The third-order valence-corrected chi connectivity index (χ3v) is 4.67. The fourth-order valence-electron chi connectivity index (χ4n) is 3.40. The Labute approximate surface area is 131 Å². The Morgan fingerprint density at radius 1 is 1.27 bits per heavy atom. The molecule has 2 aliphatic heterocycles. The van der Waals surface area contributed by atoms with Gasteiger partial charge in [-0.05, 0) is 50.0 Å². The maximum Gasteiger partial charge on any atom is 0.254 e. The summed E-state index contributed by atoms with van der Waals surface area (Å²) in [6, 6.07) is 6.62. The van der Waals surface area contributed by atoms with Crippen molar-refractivity contribution in [1.82, 2.24) is 15.1 Å². The van der Waals surface area contributed by atoms with Crippen LogP contribution in [0.1, 0.15) is 23.2 Å². The standard InChI is InChI=1S/C17H25N3O2/c21-16-5-1-4-15(11-16)17(22)20-9-7-19(8-10-20)13-14-3-2-6-18-12-14/h1,4-5,11,14,18,21H,2-3,6-10,12-13H2. The third kappa shape index (κ3) is 3.78. The molecule has 22 heavy (non-hydrogen) atoms. The van der Waals surface area contributed by atoms with Crippen molar-refractivity contribution in [1.29, 1.82) is 0 Å². The molecule has 0 aliphatic carbocycles. The molecule has 1 aromatic rings. The second-order valence-corrected chi connectivity index (χ2v) is 6.36. The van der Waals surface area contributed by atoms with Gasteiger partial charge in [-0.15, -0.1) is 0 Å². The summed E-state index contributed by atoms with van der Waals surface area (Å²) in [5.41, 5.74) is 0.574. The molecule has 0 radical (unpaired) electrons. The zero-order valence-electron chi connectivity index (χ0n) is 13.0. The van der Waals surface area contributed by atoms with Gasteiger partial charge >= 0.3 is 0 Å². The van der Waals surface area contributed by atoms with E-state index in [1.165, 1.54) is 12.8 Å². The molecule has 1 aromatic carbocycles. The molecule has 0 aromatic heterocycles. The minimum Gasteiger partial charge on any atom is -0.508 e. The summed E-state index contributed by atoms with van der Waals surface area (Å²) in [6.07, 6.45) is 2.59. The minimum atomic E-state index is 0.0230. The molecule has 5 nitrogen and oxygen atoms in total. The molecule has 0 bridgehead atoms. The van der Waals surface area contributed by atoms with Crippen LogP contribution in [0, 0.1) is 5.92 Å². The van der Waals surface area contributed by atoms with E-state index in [1.807, 2.05) is 4.90 Å². The van der Waals surface area contributed by atoms with E-state index in [9.17, 15) is 9.90 Å². The van der Waals surface area contributed by atoms with Crippen LogP contribution < -0.4 is 5.32 Å². The van der Waals surface area contributed by atoms with Crippen molar-refractivity contribution in [3.05, 3.63) is 29.8 Å². The van der Waals surface area contributed by atoms with Crippen LogP contribution in [0.2, 0.25) is 0 Å². The van der Waals surface area contributed by atoms with Crippen LogP contribution in [0.4, 0.5) is 0 Å². The molecule has 2 fully saturated rings. The number of carbonyl (C=O) groups excluding carboxylic acids is 1. The maximum atomic E-state index is 12.4. The molecule has 120 valence electrons. The normalized spacial score (nSPS) is 23.5. The number of carbonyl (C=O) groups is 1. The third-order valence-electron chi connectivity index (χ3n) is 4.67. The number of benzene rings is 1. The Bertz CT molecular complexity index is 506. The molecule has 3 rings (SSSR count). The number of piperazine rings is 1. The van der Waals surface area contributed by atoms with Crippen molar-refractivity contribution in [3.8, 4) is 5.75 Å². The average molecular weight is 303 g/mol. The summed E-state index contributed by atoms with van der Waals surface area (Å²) >= 11 is 0. The van der Waals surface area contributed by atoms with E-state index in [2.05, 4.69) is 10.2 Å². The van der Waals surface area contributed by atoms with Gasteiger partial charge in [-0.3, -0.25) is 9.69 Å². The van der Waals surface area contributed by atoms with Gasteiger partial charge in [0.2, 0.25) is 0 Å². The van der Waals surface area contributed by atoms with Gasteiger partial charge in [-0.2, -0.15) is 0 Å². The lowest BCUT2D eigenvalue weighted by molar-refractivity contribution is 0.0609. The molecule has 1 unspecified atom stereocenters. The molecular weight excluding hydrogens is 278 g/mol. The van der Waals surface area contributed by atoms with Crippen molar-refractivity contribution in [2.24, 2.45) is 5.92 Å². The summed E-state index contributed by atoms with van der Waals surface area (Å²) < 4.78 is 0. The molecule has 1 atom stereocenters. The highest BCUT2D eigenvalue weighted by molar-refractivity contribution is 5.94. The van der Waals surface area contributed by atoms with Gasteiger partial charge < -0.3 is 15.3 Å². The number of hydrogen-bond donors (Lipinski definition) is 2. The summed E-state index contributed by atoms with van der Waals surface area (Å²) in [7, 11) is 0. The lowest BCUT2D eigenvalue weighted by atomic mass is 9.99. The molecule has 0 saturated carbocycles. The number of phenols is 1. The second kappa shape index (κ2) is 7.11. The Morgan fingerprint density at radius 2 is 2.09 bits per heavy atom. The predicted octanol–water partition coefficient (Wildman–Crippen LogP) is 1.15. The quantitative estimate of drug-likeness (QED) is 0.879. The van der Waals surface area contributed by atoms with Gasteiger partial charge in [0, 0.05) is 38.3 Å². The Balaban J connectivity index is 1.49. The summed E-state index contributed by atoms with van der Waals surface area (Å²) in [5, 5.41) is 13.0. The lowest BCUT2D eigenvalue weighted by Crippen LogP contribution is -2.50. The molecule has 5 heteroatoms. The van der Waals surface area contributed by atoms with Crippen LogP contribution in [0.15, 0.2) is 24.3 Å². The van der Waals surface area contributed by atoms with E-state index >= 15 is 0 Å². The number of nitrogens with one attached hydrogen (secondary N) is 1. The molecule has 2 N–H and O–H groups in total. The average Bonchev–Trinajstić information content (AvgIpc) is 2.56. The smallest absolute Gasteiger partial charge is 0.254 e. The van der Waals surface area contributed by atoms with Crippen molar-refractivity contribution in [2.45, 2.75) is 12.8 Å². The van der Waals surface area contributed by atoms with Gasteiger partial charge in [-0.25, -0.2) is 0 Å². The van der Waals surface area contributed by atoms with Gasteiger partial charge in [0.1, 0.15) is 5.75 Å². The van der Waals surface area contributed by atoms with E-state index in [0.717, 1.165) is 51.7 Å². The van der Waals surface area contributed by atoms with E-state index in [4.69, 9.17) is 0 Å². The first-order chi connectivity index (χ1) is 10.7. The van der Waals surface area contributed by atoms with Crippen LogP contribution >= 0.6 is 0 Å². The zero-order chi connectivity index (χ0) is 15.4. The minimum absolute atomic E-state index is 0.0230. The topological polar surface area (TPSA) is 55.8 Å². The zero-order valence-corrected chi connectivity index (χ0v) is 13.0. The highest BCUT2D eigenvalue weighted by Gasteiger charge is 2.24. The fourth-order valence-corrected chi connectivity index (χ4v) is 3.40. The summed E-state index contributed by atoms with van der Waals surface area (Å²) in [4.78, 5) is 16.8. The monoisotopic (exact) mass is 303 g/mol. The van der Waals surface area contributed by atoms with E-state index in [0.29, 0.717) is 5.56 Å². The first-order valence-electron chi connectivity index (χ1n) is 8.24. The van der Waals surface area contributed by atoms with Crippen LogP contribution in [0.25, 0.3) is 0 Å². The van der Waals surface area contributed by atoms with Gasteiger partial charge in [0.05, 0.1) is 0 Å². The van der Waals surface area contributed by atoms with E-state index < -0.39 is 0 Å². The highest BCUT2D eigenvalue weighted by Crippen LogP contribution is 2.16. The van der Waals surface area contributed by atoms with Crippen LogP contribution in [-0.4, -0.2) is 66.6 Å². The molecule has 1 amide bonds. The van der Waals surface area contributed by atoms with Crippen molar-refractivity contribution >= 4 is 5.91 Å². The molecule has 2 aliphatic rings. The lowest BCUT2D eigenvalue weighted by Gasteiger charge is -2.37. The van der Waals surface area contributed by atoms with E-state index in [-0.39, 0.29) is 11.7 Å². The summed E-state index contributed by atoms with van der Waals surface area (Å²) in [6.45, 7) is 6.86. The SMILES string of the molecule is O=C(c1cccc(O)c1)N1CCN(CC2CCCNC2)CC1. The first-order valence-corrected chi connectivity index (χ1v) is 8.24. The number of nitrogens with zero attached hydrogens (tertiary/aromatic N) is 2. The van der Waals surface area contributed by atoms with Crippen molar-refractivity contribution in [3.63, 3.8) is 0 Å². The fraction of sp³-hybridized carbons (Fsp3) is 0.588. The summed E-state index contributed by atoms with van der Waals surface area (Å²) in [5.74, 6) is 0.922. The number of hydrogen-bond acceptors (Lipinski definition) is 4. The van der Waals surface area contributed by atoms with Crippen LogP contribution in [0.5, 0.6) is 5.75 Å². The van der Waals surface area contributed by atoms with Crippen LogP contribution in [-0.2, 0) is 0 Å². The Kier molecular flexibility index (Phi) is 4.95. The molecule has 2 saturated heterocycles. The maximum absolute atomic E-state index is 12.4. The predicted molar refractivity (Wildman–Crippen MR) is 86.0 cm³/mol. The largest absolute Gasteiger partial charge is 0.508 e.